The Kier molecular flexibility index (Phi) is 4.00. The van der Waals surface area contributed by atoms with Crippen molar-refractivity contribution in [1.82, 2.24) is 24.6 Å². The van der Waals surface area contributed by atoms with Gasteiger partial charge in [0.1, 0.15) is 5.82 Å². The second-order valence-electron chi connectivity index (χ2n) is 7.71. The molecule has 3 aromatic rings. The van der Waals surface area contributed by atoms with Crippen molar-refractivity contribution in [3.63, 3.8) is 0 Å². The third-order valence-electron chi connectivity index (χ3n) is 5.15. The van der Waals surface area contributed by atoms with E-state index in [-0.39, 0.29) is 6.10 Å². The molecule has 4 rings (SSSR count). The summed E-state index contributed by atoms with van der Waals surface area (Å²) in [6, 6.07) is 2.01. The molecule has 1 aliphatic rings. The van der Waals surface area contributed by atoms with E-state index in [1.807, 2.05) is 12.3 Å². The second-order valence-corrected chi connectivity index (χ2v) is 7.71. The first-order chi connectivity index (χ1) is 12.0. The summed E-state index contributed by atoms with van der Waals surface area (Å²) >= 11 is 0. The maximum atomic E-state index is 9.93. The molecule has 0 aliphatic heterocycles. The van der Waals surface area contributed by atoms with Gasteiger partial charge < -0.3 is 14.8 Å². The summed E-state index contributed by atoms with van der Waals surface area (Å²) in [7, 11) is 0. The summed E-state index contributed by atoms with van der Waals surface area (Å²) in [6.45, 7) is 6.12. The number of H-pyrrole nitrogens is 1. The van der Waals surface area contributed by atoms with Gasteiger partial charge in [0, 0.05) is 12.1 Å². The third-order valence-corrected chi connectivity index (χ3v) is 5.15. The van der Waals surface area contributed by atoms with Crippen LogP contribution in [0.2, 0.25) is 0 Å². The van der Waals surface area contributed by atoms with Crippen LogP contribution in [0.4, 0.5) is 0 Å². The van der Waals surface area contributed by atoms with E-state index >= 15 is 0 Å². The lowest BCUT2D eigenvalue weighted by Crippen LogP contribution is -2.28. The minimum absolute atomic E-state index is 0.150. The average molecular weight is 343 g/mol. The molecule has 7 heteroatoms. The Hall–Kier alpha value is -1.99. The monoisotopic (exact) mass is 343 g/mol. The molecule has 2 N–H and O–H groups in total. The lowest BCUT2D eigenvalue weighted by Gasteiger charge is -2.20. The molecule has 25 heavy (non-hydrogen) atoms. The van der Waals surface area contributed by atoms with Gasteiger partial charge in [0.2, 0.25) is 0 Å². The summed E-state index contributed by atoms with van der Waals surface area (Å²) in [5.41, 5.74) is 1.82. The SMILES string of the molecule is CCC1CC(OCC(C)(C)O)CC1c1nnc2cnc3[nH]ccc3n12. The van der Waals surface area contributed by atoms with Gasteiger partial charge in [-0.1, -0.05) is 13.3 Å². The van der Waals surface area contributed by atoms with Crippen LogP contribution in [0.1, 0.15) is 51.8 Å². The van der Waals surface area contributed by atoms with Gasteiger partial charge in [0.05, 0.1) is 30.0 Å². The number of hydrogen-bond donors (Lipinski definition) is 2. The molecule has 3 aromatic heterocycles. The van der Waals surface area contributed by atoms with Gasteiger partial charge >= 0.3 is 0 Å². The molecule has 3 heterocycles. The fourth-order valence-electron chi connectivity index (χ4n) is 3.94. The maximum Gasteiger partial charge on any atom is 0.179 e. The number of aromatic amines is 1. The highest BCUT2D eigenvalue weighted by Gasteiger charge is 2.38. The van der Waals surface area contributed by atoms with Gasteiger partial charge in [-0.15, -0.1) is 10.2 Å². The van der Waals surface area contributed by atoms with E-state index in [1.54, 1.807) is 20.0 Å². The van der Waals surface area contributed by atoms with Crippen LogP contribution in [-0.2, 0) is 4.74 Å². The lowest BCUT2D eigenvalue weighted by atomic mass is 9.93. The average Bonchev–Trinajstić information content (AvgIpc) is 3.27. The van der Waals surface area contributed by atoms with E-state index < -0.39 is 5.60 Å². The van der Waals surface area contributed by atoms with E-state index in [0.29, 0.717) is 18.4 Å². The van der Waals surface area contributed by atoms with Crippen molar-refractivity contribution in [1.29, 1.82) is 0 Å². The van der Waals surface area contributed by atoms with Crippen LogP contribution in [0, 0.1) is 5.92 Å². The highest BCUT2D eigenvalue weighted by Crippen LogP contribution is 2.42. The fourth-order valence-corrected chi connectivity index (χ4v) is 3.94. The number of aliphatic hydroxyl groups is 1. The summed E-state index contributed by atoms with van der Waals surface area (Å²) in [4.78, 5) is 7.54. The highest BCUT2D eigenvalue weighted by molar-refractivity contribution is 5.74. The van der Waals surface area contributed by atoms with Crippen LogP contribution in [0.25, 0.3) is 16.8 Å². The second kappa shape index (κ2) is 6.07. The smallest absolute Gasteiger partial charge is 0.179 e. The Bertz CT molecular complexity index is 878. The number of aromatic nitrogens is 5. The summed E-state index contributed by atoms with van der Waals surface area (Å²) in [5.74, 6) is 1.79. The maximum absolute atomic E-state index is 9.93. The quantitative estimate of drug-likeness (QED) is 0.743. The van der Waals surface area contributed by atoms with Crippen molar-refractivity contribution in [3.05, 3.63) is 24.3 Å². The van der Waals surface area contributed by atoms with Crippen molar-refractivity contribution >= 4 is 16.8 Å². The molecule has 0 amide bonds. The zero-order valence-electron chi connectivity index (χ0n) is 14.9. The van der Waals surface area contributed by atoms with Gasteiger partial charge in [0.15, 0.2) is 11.3 Å². The molecule has 1 fully saturated rings. The van der Waals surface area contributed by atoms with Crippen molar-refractivity contribution in [2.24, 2.45) is 5.92 Å². The van der Waals surface area contributed by atoms with Crippen molar-refractivity contribution in [2.45, 2.75) is 57.7 Å². The molecule has 7 nitrogen and oxygen atoms in total. The zero-order chi connectivity index (χ0) is 17.6. The number of ether oxygens (including phenoxy) is 1. The minimum Gasteiger partial charge on any atom is -0.388 e. The number of nitrogens with one attached hydrogen (secondary N) is 1. The molecule has 0 aromatic carbocycles. The first-order valence-corrected chi connectivity index (χ1v) is 8.97. The Morgan fingerprint density at radius 3 is 2.96 bits per heavy atom. The van der Waals surface area contributed by atoms with Gasteiger partial charge in [-0.25, -0.2) is 4.98 Å². The molecule has 1 aliphatic carbocycles. The predicted octanol–water partition coefficient (Wildman–Crippen LogP) is 2.67. The van der Waals surface area contributed by atoms with Crippen LogP contribution in [0.15, 0.2) is 18.5 Å². The molecular formula is C18H25N5O2. The molecule has 0 radical (unpaired) electrons. The fraction of sp³-hybridized carbons (Fsp3) is 0.611. The molecule has 0 bridgehead atoms. The molecule has 134 valence electrons. The van der Waals surface area contributed by atoms with Gasteiger partial charge in [0.25, 0.3) is 0 Å². The minimum atomic E-state index is -0.801. The standard InChI is InChI=1S/C18H25N5O2/c1-4-11-7-12(25-10-18(2,3)24)8-13(11)17-22-21-15-9-20-16-14(23(15)17)5-6-19-16/h5-6,9,11-13,19,24H,4,7-8,10H2,1-3H3. The lowest BCUT2D eigenvalue weighted by molar-refractivity contribution is -0.0518. The number of nitrogens with zero attached hydrogens (tertiary/aromatic N) is 4. The van der Waals surface area contributed by atoms with Gasteiger partial charge in [-0.05, 0) is 38.7 Å². The van der Waals surface area contributed by atoms with E-state index in [9.17, 15) is 5.11 Å². The summed E-state index contributed by atoms with van der Waals surface area (Å²) in [6.07, 6.45) is 6.77. The molecule has 3 unspecified atom stereocenters. The van der Waals surface area contributed by atoms with Crippen LogP contribution in [0.5, 0.6) is 0 Å². The molecular weight excluding hydrogens is 318 g/mol. The summed E-state index contributed by atoms with van der Waals surface area (Å²) in [5, 5.41) is 18.8. The van der Waals surface area contributed by atoms with Crippen LogP contribution < -0.4 is 0 Å². The van der Waals surface area contributed by atoms with Crippen LogP contribution in [0.3, 0.4) is 0 Å². The number of rotatable bonds is 5. The molecule has 0 spiro atoms. The van der Waals surface area contributed by atoms with E-state index in [1.165, 1.54) is 0 Å². The topological polar surface area (TPSA) is 88.3 Å². The normalized spacial score (nSPS) is 24.6. The van der Waals surface area contributed by atoms with Crippen molar-refractivity contribution < 1.29 is 9.84 Å². The largest absolute Gasteiger partial charge is 0.388 e. The zero-order valence-corrected chi connectivity index (χ0v) is 14.9. The van der Waals surface area contributed by atoms with E-state index in [2.05, 4.69) is 31.5 Å². The molecule has 3 atom stereocenters. The predicted molar refractivity (Wildman–Crippen MR) is 94.4 cm³/mol. The first kappa shape index (κ1) is 16.5. The van der Waals surface area contributed by atoms with Crippen LogP contribution >= 0.6 is 0 Å². The Morgan fingerprint density at radius 1 is 1.36 bits per heavy atom. The third kappa shape index (κ3) is 3.02. The van der Waals surface area contributed by atoms with E-state index in [4.69, 9.17) is 4.74 Å². The Morgan fingerprint density at radius 2 is 2.20 bits per heavy atom. The van der Waals surface area contributed by atoms with Crippen molar-refractivity contribution in [2.75, 3.05) is 6.61 Å². The highest BCUT2D eigenvalue weighted by atomic mass is 16.5. The number of fused-ring (bicyclic) bond motifs is 3. The Balaban J connectivity index is 1.66. The van der Waals surface area contributed by atoms with Crippen molar-refractivity contribution in [3.8, 4) is 0 Å². The molecule has 0 saturated heterocycles. The first-order valence-electron chi connectivity index (χ1n) is 8.97. The summed E-state index contributed by atoms with van der Waals surface area (Å²) < 4.78 is 8.10. The Labute approximate surface area is 146 Å². The van der Waals surface area contributed by atoms with Gasteiger partial charge in [-0.2, -0.15) is 0 Å². The molecule has 1 saturated carbocycles. The number of hydrogen-bond acceptors (Lipinski definition) is 5. The van der Waals surface area contributed by atoms with E-state index in [0.717, 1.165) is 41.9 Å². The van der Waals surface area contributed by atoms with Gasteiger partial charge in [-0.3, -0.25) is 4.40 Å². The van der Waals surface area contributed by atoms with Crippen LogP contribution in [-0.4, -0.2) is 48.0 Å².